The van der Waals surface area contributed by atoms with E-state index in [9.17, 15) is 4.79 Å². The van der Waals surface area contributed by atoms with Crippen LogP contribution in [0.2, 0.25) is 0 Å². The molecule has 2 rings (SSSR count). The molecular weight excluding hydrogens is 236 g/mol. The summed E-state index contributed by atoms with van der Waals surface area (Å²) in [5.74, 6) is 0.726. The van der Waals surface area contributed by atoms with E-state index in [2.05, 4.69) is 5.32 Å². The zero-order valence-corrected chi connectivity index (χ0v) is 11.5. The van der Waals surface area contributed by atoms with Gasteiger partial charge in [0.15, 0.2) is 0 Å². The van der Waals surface area contributed by atoms with Crippen molar-refractivity contribution >= 4 is 5.91 Å². The van der Waals surface area contributed by atoms with Gasteiger partial charge >= 0.3 is 0 Å². The highest BCUT2D eigenvalue weighted by molar-refractivity contribution is 5.82. The molecule has 104 valence electrons. The second-order valence-electron chi connectivity index (χ2n) is 5.47. The van der Waals surface area contributed by atoms with Crippen molar-refractivity contribution in [3.63, 3.8) is 0 Å². The van der Waals surface area contributed by atoms with E-state index < -0.39 is 6.04 Å². The Labute approximate surface area is 115 Å². The van der Waals surface area contributed by atoms with Gasteiger partial charge in [-0.1, -0.05) is 62.4 Å². The molecule has 0 bridgehead atoms. The zero-order chi connectivity index (χ0) is 13.5. The fraction of sp³-hybridized carbons (Fsp3) is 0.562. The number of nitrogens with one attached hydrogen (secondary N) is 1. The maximum Gasteiger partial charge on any atom is 0.241 e. The van der Waals surface area contributed by atoms with Crippen LogP contribution in [0, 0.1) is 5.92 Å². The molecule has 0 heterocycles. The van der Waals surface area contributed by atoms with E-state index in [1.807, 2.05) is 30.3 Å². The van der Waals surface area contributed by atoms with E-state index in [0.29, 0.717) is 0 Å². The van der Waals surface area contributed by atoms with E-state index in [4.69, 9.17) is 5.73 Å². The molecule has 3 nitrogen and oxygen atoms in total. The number of hydrogen-bond donors (Lipinski definition) is 2. The maximum atomic E-state index is 11.9. The number of carbonyl (C=O) groups is 1. The first-order valence-corrected chi connectivity index (χ1v) is 7.35. The summed E-state index contributed by atoms with van der Waals surface area (Å²) in [7, 11) is 0. The van der Waals surface area contributed by atoms with Crippen LogP contribution in [0.4, 0.5) is 0 Å². The summed E-state index contributed by atoms with van der Waals surface area (Å²) in [5, 5.41) is 2.96. The van der Waals surface area contributed by atoms with Crippen molar-refractivity contribution in [2.24, 2.45) is 11.7 Å². The van der Waals surface area contributed by atoms with Crippen LogP contribution in [0.15, 0.2) is 30.3 Å². The van der Waals surface area contributed by atoms with Gasteiger partial charge in [0.1, 0.15) is 6.04 Å². The largest absolute Gasteiger partial charge is 0.354 e. The summed E-state index contributed by atoms with van der Waals surface area (Å²) < 4.78 is 0. The first-order valence-electron chi connectivity index (χ1n) is 7.35. The van der Waals surface area contributed by atoms with Gasteiger partial charge in [0.05, 0.1) is 0 Å². The molecule has 1 fully saturated rings. The van der Waals surface area contributed by atoms with Gasteiger partial charge in [-0.05, 0) is 17.9 Å². The summed E-state index contributed by atoms with van der Waals surface area (Å²) in [6.07, 6.45) is 7.81. The highest BCUT2D eigenvalue weighted by Gasteiger charge is 2.16. The molecule has 1 aromatic carbocycles. The Morgan fingerprint density at radius 2 is 1.89 bits per heavy atom. The molecular formula is C16H24N2O. The minimum atomic E-state index is -0.549. The van der Waals surface area contributed by atoms with Gasteiger partial charge in [-0.3, -0.25) is 4.79 Å². The SMILES string of the molecule is N[C@@H](C(=O)NCCC1CCCCC1)c1ccccc1. The predicted molar refractivity (Wildman–Crippen MR) is 77.6 cm³/mol. The molecule has 1 saturated carbocycles. The number of rotatable bonds is 5. The lowest BCUT2D eigenvalue weighted by Gasteiger charge is -2.21. The van der Waals surface area contributed by atoms with Crippen LogP contribution in [0.1, 0.15) is 50.1 Å². The molecule has 3 N–H and O–H groups in total. The van der Waals surface area contributed by atoms with E-state index >= 15 is 0 Å². The molecule has 19 heavy (non-hydrogen) atoms. The monoisotopic (exact) mass is 260 g/mol. The van der Waals surface area contributed by atoms with Gasteiger partial charge in [0.25, 0.3) is 0 Å². The number of amides is 1. The van der Waals surface area contributed by atoms with Gasteiger partial charge in [-0.2, -0.15) is 0 Å². The Balaban J connectivity index is 1.72. The standard InChI is InChI=1S/C16H24N2O/c17-15(14-9-5-2-6-10-14)16(19)18-12-11-13-7-3-1-4-8-13/h2,5-6,9-10,13,15H,1,3-4,7-8,11-12,17H2,(H,18,19)/t15-/m1/s1. The van der Waals surface area contributed by atoms with Crippen LogP contribution in [-0.4, -0.2) is 12.5 Å². The van der Waals surface area contributed by atoms with Crippen LogP contribution in [0.3, 0.4) is 0 Å². The quantitative estimate of drug-likeness (QED) is 0.855. The normalized spacial score (nSPS) is 17.9. The molecule has 0 spiro atoms. The van der Waals surface area contributed by atoms with Crippen molar-refractivity contribution in [3.8, 4) is 0 Å². The maximum absolute atomic E-state index is 11.9. The topological polar surface area (TPSA) is 55.1 Å². The molecule has 0 aromatic heterocycles. The highest BCUT2D eigenvalue weighted by Crippen LogP contribution is 2.25. The minimum Gasteiger partial charge on any atom is -0.354 e. The van der Waals surface area contributed by atoms with Crippen LogP contribution in [0.25, 0.3) is 0 Å². The van der Waals surface area contributed by atoms with Crippen molar-refractivity contribution in [2.45, 2.75) is 44.6 Å². The smallest absolute Gasteiger partial charge is 0.241 e. The van der Waals surface area contributed by atoms with Crippen molar-refractivity contribution in [3.05, 3.63) is 35.9 Å². The molecule has 1 amide bonds. The molecule has 1 aliphatic carbocycles. The Morgan fingerprint density at radius 3 is 2.58 bits per heavy atom. The Hall–Kier alpha value is -1.35. The summed E-state index contributed by atoms with van der Waals surface area (Å²) in [4.78, 5) is 11.9. The van der Waals surface area contributed by atoms with Crippen molar-refractivity contribution in [1.29, 1.82) is 0 Å². The second kappa shape index (κ2) is 7.29. The van der Waals surface area contributed by atoms with E-state index in [1.54, 1.807) is 0 Å². The van der Waals surface area contributed by atoms with Gasteiger partial charge in [-0.15, -0.1) is 0 Å². The first-order chi connectivity index (χ1) is 9.27. The lowest BCUT2D eigenvalue weighted by atomic mass is 9.87. The van der Waals surface area contributed by atoms with E-state index in [1.165, 1.54) is 32.1 Å². The van der Waals surface area contributed by atoms with Crippen LogP contribution < -0.4 is 11.1 Å². The Kier molecular flexibility index (Phi) is 5.40. The minimum absolute atomic E-state index is 0.0676. The average molecular weight is 260 g/mol. The first kappa shape index (κ1) is 14.1. The summed E-state index contributed by atoms with van der Waals surface area (Å²) in [6, 6.07) is 8.98. The molecule has 0 unspecified atom stereocenters. The summed E-state index contributed by atoms with van der Waals surface area (Å²) in [5.41, 5.74) is 6.82. The molecule has 0 saturated heterocycles. The fourth-order valence-corrected chi connectivity index (χ4v) is 2.80. The molecule has 1 aromatic rings. The summed E-state index contributed by atoms with van der Waals surface area (Å²) >= 11 is 0. The number of hydrogen-bond acceptors (Lipinski definition) is 2. The number of nitrogens with two attached hydrogens (primary N) is 1. The third kappa shape index (κ3) is 4.35. The molecule has 3 heteroatoms. The van der Waals surface area contributed by atoms with Crippen LogP contribution in [-0.2, 0) is 4.79 Å². The average Bonchev–Trinajstić information content (AvgIpc) is 2.48. The van der Waals surface area contributed by atoms with Crippen LogP contribution >= 0.6 is 0 Å². The molecule has 1 atom stereocenters. The number of carbonyl (C=O) groups excluding carboxylic acids is 1. The second-order valence-corrected chi connectivity index (χ2v) is 5.47. The third-order valence-electron chi connectivity index (χ3n) is 4.02. The Bertz CT molecular complexity index is 385. The molecule has 0 aliphatic heterocycles. The Morgan fingerprint density at radius 1 is 1.21 bits per heavy atom. The third-order valence-corrected chi connectivity index (χ3v) is 4.02. The lowest BCUT2D eigenvalue weighted by molar-refractivity contribution is -0.122. The van der Waals surface area contributed by atoms with E-state index in [0.717, 1.165) is 24.4 Å². The van der Waals surface area contributed by atoms with Gasteiger partial charge in [0.2, 0.25) is 5.91 Å². The highest BCUT2D eigenvalue weighted by atomic mass is 16.2. The van der Waals surface area contributed by atoms with Gasteiger partial charge in [-0.25, -0.2) is 0 Å². The van der Waals surface area contributed by atoms with Crippen molar-refractivity contribution in [1.82, 2.24) is 5.32 Å². The molecule has 1 aliphatic rings. The van der Waals surface area contributed by atoms with Crippen molar-refractivity contribution < 1.29 is 4.79 Å². The van der Waals surface area contributed by atoms with Crippen LogP contribution in [0.5, 0.6) is 0 Å². The predicted octanol–water partition coefficient (Wildman–Crippen LogP) is 2.77. The molecule has 0 radical (unpaired) electrons. The lowest BCUT2D eigenvalue weighted by Crippen LogP contribution is -2.35. The summed E-state index contributed by atoms with van der Waals surface area (Å²) in [6.45, 7) is 0.754. The van der Waals surface area contributed by atoms with E-state index in [-0.39, 0.29) is 5.91 Å². The number of benzene rings is 1. The fourth-order valence-electron chi connectivity index (χ4n) is 2.80. The zero-order valence-electron chi connectivity index (χ0n) is 11.5. The van der Waals surface area contributed by atoms with Gasteiger partial charge < -0.3 is 11.1 Å². The van der Waals surface area contributed by atoms with Crippen molar-refractivity contribution in [2.75, 3.05) is 6.54 Å². The van der Waals surface area contributed by atoms with Gasteiger partial charge in [0, 0.05) is 6.54 Å².